The van der Waals surface area contributed by atoms with Gasteiger partial charge in [-0.15, -0.1) is 0 Å². The molecule has 1 amide bonds. The second kappa shape index (κ2) is 4.58. The Morgan fingerprint density at radius 3 is 2.90 bits per heavy atom. The Labute approximate surface area is 131 Å². The van der Waals surface area contributed by atoms with E-state index in [4.69, 9.17) is 9.47 Å². The highest BCUT2D eigenvalue weighted by molar-refractivity contribution is 9.10. The summed E-state index contributed by atoms with van der Waals surface area (Å²) in [6, 6.07) is 3.53. The van der Waals surface area contributed by atoms with Crippen LogP contribution in [0.5, 0.6) is 0 Å². The first-order chi connectivity index (χ1) is 9.71. The number of hydrogen-bond acceptors (Lipinski definition) is 4. The van der Waals surface area contributed by atoms with E-state index in [0.717, 1.165) is 4.73 Å². The molecule has 2 unspecified atom stereocenters. The van der Waals surface area contributed by atoms with Crippen molar-refractivity contribution < 1.29 is 19.0 Å². The summed E-state index contributed by atoms with van der Waals surface area (Å²) >= 11 is 3.26. The molecule has 2 aliphatic heterocycles. The molecule has 0 saturated carbocycles. The minimum Gasteiger partial charge on any atom is -0.618 e. The Bertz CT molecular complexity index is 601. The summed E-state index contributed by atoms with van der Waals surface area (Å²) in [5.41, 5.74) is -0.686. The van der Waals surface area contributed by atoms with Gasteiger partial charge in [-0.3, -0.25) is 0 Å². The molecule has 3 rings (SSSR count). The number of hydrogen-bond donors (Lipinski definition) is 0. The van der Waals surface area contributed by atoms with Crippen molar-refractivity contribution in [3.8, 4) is 0 Å². The maximum Gasteiger partial charge on any atom is 0.410 e. The lowest BCUT2D eigenvalue weighted by molar-refractivity contribution is -0.618. The molecule has 0 bridgehead atoms. The number of likely N-dealkylation sites (tertiary alicyclic amines) is 1. The van der Waals surface area contributed by atoms with E-state index >= 15 is 0 Å². The first-order valence-corrected chi connectivity index (χ1v) is 7.55. The average Bonchev–Trinajstić information content (AvgIpc) is 2.89. The summed E-state index contributed by atoms with van der Waals surface area (Å²) < 4.78 is 12.5. The second-order valence-corrected chi connectivity index (χ2v) is 7.33. The fraction of sp³-hybridized carbons (Fsp3) is 0.571. The molecular formula is C14H17BrN2O4. The van der Waals surface area contributed by atoms with Crippen molar-refractivity contribution in [1.82, 2.24) is 4.90 Å². The SMILES string of the molecule is CC(C)(C)OC(=O)N1CC2OC2(c2ccc(Br)c[n+]2[O-])C1. The van der Waals surface area contributed by atoms with Crippen LogP contribution < -0.4 is 4.73 Å². The number of carbonyl (C=O) groups is 1. The summed E-state index contributed by atoms with van der Waals surface area (Å²) in [6.07, 6.45) is 0.942. The first kappa shape index (κ1) is 14.6. The van der Waals surface area contributed by atoms with Gasteiger partial charge in [0.2, 0.25) is 5.69 Å². The summed E-state index contributed by atoms with van der Waals surface area (Å²) in [5, 5.41) is 12.0. The van der Waals surface area contributed by atoms with E-state index in [1.54, 1.807) is 17.0 Å². The van der Waals surface area contributed by atoms with Crippen LogP contribution in [0.4, 0.5) is 4.79 Å². The van der Waals surface area contributed by atoms with Crippen molar-refractivity contribution in [1.29, 1.82) is 0 Å². The molecular weight excluding hydrogens is 340 g/mol. The number of epoxide rings is 1. The van der Waals surface area contributed by atoms with Crippen LogP contribution in [0.25, 0.3) is 0 Å². The lowest BCUT2D eigenvalue weighted by Crippen LogP contribution is -2.41. The molecule has 0 aromatic carbocycles. The predicted molar refractivity (Wildman–Crippen MR) is 77.5 cm³/mol. The number of fused-ring (bicyclic) bond motifs is 1. The highest BCUT2D eigenvalue weighted by atomic mass is 79.9. The molecule has 2 fully saturated rings. The number of aromatic nitrogens is 1. The van der Waals surface area contributed by atoms with Crippen molar-refractivity contribution in [3.05, 3.63) is 33.7 Å². The van der Waals surface area contributed by atoms with Crippen molar-refractivity contribution in [2.75, 3.05) is 13.1 Å². The smallest absolute Gasteiger partial charge is 0.410 e. The average molecular weight is 357 g/mol. The van der Waals surface area contributed by atoms with Crippen molar-refractivity contribution in [2.24, 2.45) is 0 Å². The number of amides is 1. The van der Waals surface area contributed by atoms with Crippen LogP contribution in [0.1, 0.15) is 26.5 Å². The van der Waals surface area contributed by atoms with Crippen LogP contribution in [-0.4, -0.2) is 35.8 Å². The van der Waals surface area contributed by atoms with E-state index in [9.17, 15) is 10.0 Å². The lowest BCUT2D eigenvalue weighted by atomic mass is 10.0. The topological polar surface area (TPSA) is 69.0 Å². The van der Waals surface area contributed by atoms with E-state index < -0.39 is 11.2 Å². The monoisotopic (exact) mass is 356 g/mol. The number of halogens is 1. The molecule has 6 nitrogen and oxygen atoms in total. The summed E-state index contributed by atoms with van der Waals surface area (Å²) in [4.78, 5) is 13.7. The second-order valence-electron chi connectivity index (χ2n) is 6.42. The van der Waals surface area contributed by atoms with Gasteiger partial charge in [0.25, 0.3) is 0 Å². The molecule has 2 atom stereocenters. The number of rotatable bonds is 1. The third kappa shape index (κ3) is 2.60. The third-order valence-corrected chi connectivity index (χ3v) is 4.06. The zero-order chi connectivity index (χ0) is 15.4. The Morgan fingerprint density at radius 1 is 1.57 bits per heavy atom. The van der Waals surface area contributed by atoms with Gasteiger partial charge in [0, 0.05) is 6.07 Å². The molecule has 0 spiro atoms. The van der Waals surface area contributed by atoms with Gasteiger partial charge < -0.3 is 19.6 Å². The highest BCUT2D eigenvalue weighted by Gasteiger charge is 2.69. The fourth-order valence-corrected chi connectivity index (χ4v) is 2.97. The lowest BCUT2D eigenvalue weighted by Gasteiger charge is -2.25. The van der Waals surface area contributed by atoms with E-state index in [-0.39, 0.29) is 12.2 Å². The largest absolute Gasteiger partial charge is 0.618 e. The summed E-state index contributed by atoms with van der Waals surface area (Å²) in [5.74, 6) is 0. The van der Waals surface area contributed by atoms with Gasteiger partial charge in [-0.1, -0.05) is 0 Å². The van der Waals surface area contributed by atoms with Gasteiger partial charge in [-0.05, 0) is 42.8 Å². The molecule has 1 aromatic heterocycles. The minimum absolute atomic E-state index is 0.133. The molecule has 0 N–H and O–H groups in total. The van der Waals surface area contributed by atoms with E-state index in [1.165, 1.54) is 6.20 Å². The number of morpholine rings is 1. The minimum atomic E-state index is -0.681. The number of pyridine rings is 1. The predicted octanol–water partition coefficient (Wildman–Crippen LogP) is 1.93. The van der Waals surface area contributed by atoms with E-state index in [2.05, 4.69) is 15.9 Å². The number of ether oxygens (including phenoxy) is 2. The highest BCUT2D eigenvalue weighted by Crippen LogP contribution is 2.50. The van der Waals surface area contributed by atoms with Gasteiger partial charge in [-0.2, -0.15) is 4.73 Å². The fourth-order valence-electron chi connectivity index (χ4n) is 2.65. The molecule has 7 heteroatoms. The van der Waals surface area contributed by atoms with Gasteiger partial charge in [-0.25, -0.2) is 4.79 Å². The maximum atomic E-state index is 12.1. The van der Waals surface area contributed by atoms with Crippen LogP contribution in [0.2, 0.25) is 0 Å². The van der Waals surface area contributed by atoms with Crippen LogP contribution in [0, 0.1) is 5.21 Å². The first-order valence-electron chi connectivity index (χ1n) is 6.76. The van der Waals surface area contributed by atoms with Crippen LogP contribution in [-0.2, 0) is 15.1 Å². The van der Waals surface area contributed by atoms with Crippen LogP contribution in [0.3, 0.4) is 0 Å². The molecule has 2 saturated heterocycles. The van der Waals surface area contributed by atoms with E-state index in [0.29, 0.717) is 23.3 Å². The Kier molecular flexibility index (Phi) is 3.18. The molecule has 21 heavy (non-hydrogen) atoms. The van der Waals surface area contributed by atoms with Gasteiger partial charge in [0.1, 0.15) is 11.7 Å². The Morgan fingerprint density at radius 2 is 2.29 bits per heavy atom. The quantitative estimate of drug-likeness (QED) is 0.438. The van der Waals surface area contributed by atoms with Crippen LogP contribution >= 0.6 is 15.9 Å². The zero-order valence-corrected chi connectivity index (χ0v) is 13.7. The number of carbonyl (C=O) groups excluding carboxylic acids is 1. The molecule has 1 aromatic rings. The third-order valence-electron chi connectivity index (χ3n) is 3.59. The molecule has 114 valence electrons. The standard InChI is InChI=1S/C14H17BrN2O4/c1-13(2,3)21-12(18)16-7-11-14(8-16,20-11)10-5-4-9(15)6-17(10)19/h4-6,11H,7-8H2,1-3H3. The van der Waals surface area contributed by atoms with Gasteiger partial charge >= 0.3 is 6.09 Å². The number of nitrogens with zero attached hydrogens (tertiary/aromatic N) is 2. The molecule has 0 radical (unpaired) electrons. The van der Waals surface area contributed by atoms with Crippen LogP contribution in [0.15, 0.2) is 22.8 Å². The summed E-state index contributed by atoms with van der Waals surface area (Å²) in [7, 11) is 0. The molecule has 0 aliphatic carbocycles. The molecule has 3 heterocycles. The van der Waals surface area contributed by atoms with Gasteiger partial charge in [0.05, 0.1) is 17.6 Å². The summed E-state index contributed by atoms with van der Waals surface area (Å²) in [6.45, 7) is 6.28. The Hall–Kier alpha value is -1.34. The van der Waals surface area contributed by atoms with Crippen molar-refractivity contribution in [2.45, 2.75) is 38.1 Å². The molecule has 2 aliphatic rings. The zero-order valence-electron chi connectivity index (χ0n) is 12.1. The normalized spacial score (nSPS) is 27.4. The van der Waals surface area contributed by atoms with Gasteiger partial charge in [0.15, 0.2) is 11.8 Å². The van der Waals surface area contributed by atoms with E-state index in [1.807, 2.05) is 20.8 Å². The maximum absolute atomic E-state index is 12.1. The van der Waals surface area contributed by atoms with Crippen molar-refractivity contribution >= 4 is 22.0 Å². The Balaban J connectivity index is 1.77. The van der Waals surface area contributed by atoms with Crippen molar-refractivity contribution in [3.63, 3.8) is 0 Å².